The molecule has 1 heterocycles. The number of carbonyl (C=O) groups excluding carboxylic acids is 1. The molecular weight excluding hydrogens is 274 g/mol. The van der Waals surface area contributed by atoms with Gasteiger partial charge in [0.1, 0.15) is 5.75 Å². The topological polar surface area (TPSA) is 81.0 Å². The van der Waals surface area contributed by atoms with Gasteiger partial charge in [0.05, 0.1) is 10.8 Å². The molecule has 0 aliphatic carbocycles. The maximum absolute atomic E-state index is 11.7. The largest absolute Gasteiger partial charge is 0.421 e. The molecule has 1 aromatic carbocycles. The number of benzene rings is 1. The second kappa shape index (κ2) is 4.36. The summed E-state index contributed by atoms with van der Waals surface area (Å²) < 4.78 is 5.83. The molecule has 3 N–H and O–H groups in total. The van der Waals surface area contributed by atoms with E-state index >= 15 is 0 Å². The first-order valence-electron chi connectivity index (χ1n) is 4.44. The summed E-state index contributed by atoms with van der Waals surface area (Å²) in [5, 5.41) is 0. The lowest BCUT2D eigenvalue weighted by atomic mass is 10.3. The zero-order chi connectivity index (χ0) is 11.5. The van der Waals surface area contributed by atoms with Gasteiger partial charge in [-0.05, 0) is 28.1 Å². The normalized spacial score (nSPS) is 10.1. The van der Waals surface area contributed by atoms with Gasteiger partial charge in [0.2, 0.25) is 0 Å². The highest BCUT2D eigenvalue weighted by Crippen LogP contribution is 2.24. The van der Waals surface area contributed by atoms with Gasteiger partial charge in [-0.1, -0.05) is 12.1 Å². The molecule has 0 aliphatic rings. The molecule has 0 aliphatic heterocycles. The molecule has 0 bridgehead atoms. The van der Waals surface area contributed by atoms with Gasteiger partial charge >= 0.3 is 5.97 Å². The molecule has 0 unspecified atom stereocenters. The molecule has 2 aromatic rings. The van der Waals surface area contributed by atoms with E-state index in [-0.39, 0.29) is 11.5 Å². The zero-order valence-corrected chi connectivity index (χ0v) is 9.69. The van der Waals surface area contributed by atoms with Crippen LogP contribution in [0.4, 0.5) is 5.82 Å². The number of H-pyrrole nitrogens is 1. The van der Waals surface area contributed by atoms with Crippen molar-refractivity contribution in [1.29, 1.82) is 0 Å². The molecule has 0 fully saturated rings. The van der Waals surface area contributed by atoms with Crippen LogP contribution in [0, 0.1) is 0 Å². The number of aromatic amines is 1. The number of hydrogen-bond acceptors (Lipinski definition) is 4. The summed E-state index contributed by atoms with van der Waals surface area (Å²) in [6.07, 6.45) is 1.34. The van der Waals surface area contributed by atoms with Gasteiger partial charge in [-0.2, -0.15) is 0 Å². The molecule has 0 atom stereocenters. The van der Waals surface area contributed by atoms with E-state index < -0.39 is 5.97 Å². The number of anilines is 1. The van der Waals surface area contributed by atoms with Gasteiger partial charge in [-0.3, -0.25) is 0 Å². The Morgan fingerprint density at radius 3 is 2.81 bits per heavy atom. The minimum atomic E-state index is -0.568. The summed E-state index contributed by atoms with van der Waals surface area (Å²) >= 11 is 3.27. The van der Waals surface area contributed by atoms with E-state index in [1.165, 1.54) is 6.33 Å². The van der Waals surface area contributed by atoms with E-state index in [0.29, 0.717) is 10.2 Å². The van der Waals surface area contributed by atoms with Crippen LogP contribution in [0.25, 0.3) is 0 Å². The van der Waals surface area contributed by atoms with Crippen molar-refractivity contribution in [1.82, 2.24) is 9.97 Å². The van der Waals surface area contributed by atoms with Crippen molar-refractivity contribution in [3.63, 3.8) is 0 Å². The van der Waals surface area contributed by atoms with Crippen molar-refractivity contribution < 1.29 is 9.53 Å². The Morgan fingerprint density at radius 2 is 2.19 bits per heavy atom. The molecule has 2 rings (SSSR count). The summed E-state index contributed by atoms with van der Waals surface area (Å²) in [4.78, 5) is 18.0. The highest BCUT2D eigenvalue weighted by Gasteiger charge is 2.15. The summed E-state index contributed by atoms with van der Waals surface area (Å²) in [6.45, 7) is 0. The molecule has 6 heteroatoms. The van der Waals surface area contributed by atoms with Crippen LogP contribution in [0.15, 0.2) is 35.1 Å². The maximum atomic E-state index is 11.7. The van der Waals surface area contributed by atoms with Crippen molar-refractivity contribution in [3.8, 4) is 5.75 Å². The number of nitrogens with one attached hydrogen (secondary N) is 1. The average Bonchev–Trinajstić information content (AvgIpc) is 2.68. The van der Waals surface area contributed by atoms with Crippen molar-refractivity contribution in [2.75, 3.05) is 5.73 Å². The molecule has 1 aromatic heterocycles. The highest BCUT2D eigenvalue weighted by atomic mass is 79.9. The quantitative estimate of drug-likeness (QED) is 0.651. The Hall–Kier alpha value is -1.82. The molecule has 5 nitrogen and oxygen atoms in total. The Bertz CT molecular complexity index is 524. The first-order chi connectivity index (χ1) is 7.68. The zero-order valence-electron chi connectivity index (χ0n) is 8.11. The second-order valence-electron chi connectivity index (χ2n) is 2.98. The number of imidazole rings is 1. The fourth-order valence-electron chi connectivity index (χ4n) is 1.15. The molecule has 16 heavy (non-hydrogen) atoms. The van der Waals surface area contributed by atoms with Gasteiger partial charge < -0.3 is 15.5 Å². The Labute approximate surface area is 99.8 Å². The van der Waals surface area contributed by atoms with Gasteiger partial charge in [-0.25, -0.2) is 9.78 Å². The predicted octanol–water partition coefficient (Wildman–Crippen LogP) is 1.97. The number of nitrogen functional groups attached to an aromatic ring is 1. The van der Waals surface area contributed by atoms with E-state index in [2.05, 4.69) is 25.9 Å². The van der Waals surface area contributed by atoms with E-state index in [0.717, 1.165) is 0 Å². The summed E-state index contributed by atoms with van der Waals surface area (Å²) in [5.41, 5.74) is 5.63. The SMILES string of the molecule is Nc1nc[nH]c1C(=O)Oc1ccccc1Br. The molecule has 82 valence electrons. The Balaban J connectivity index is 2.21. The maximum Gasteiger partial charge on any atom is 0.364 e. The van der Waals surface area contributed by atoms with Crippen LogP contribution in [0.5, 0.6) is 5.75 Å². The van der Waals surface area contributed by atoms with Crippen molar-refractivity contribution >= 4 is 27.7 Å². The Morgan fingerprint density at radius 1 is 1.44 bits per heavy atom. The van der Waals surface area contributed by atoms with E-state index in [4.69, 9.17) is 10.5 Å². The number of hydrogen-bond donors (Lipinski definition) is 2. The second-order valence-corrected chi connectivity index (χ2v) is 3.84. The average molecular weight is 282 g/mol. The third-order valence-electron chi connectivity index (χ3n) is 1.91. The van der Waals surface area contributed by atoms with Crippen LogP contribution in [-0.4, -0.2) is 15.9 Å². The smallest absolute Gasteiger partial charge is 0.364 e. The van der Waals surface area contributed by atoms with Gasteiger partial charge in [-0.15, -0.1) is 0 Å². The number of aromatic nitrogens is 2. The number of nitrogens with zero attached hydrogens (tertiary/aromatic N) is 1. The standard InChI is InChI=1S/C10H8BrN3O2/c11-6-3-1-2-4-7(6)16-10(15)8-9(12)14-5-13-8/h1-5H,12H2,(H,13,14). The number of rotatable bonds is 2. The molecule has 0 radical (unpaired) electrons. The number of halogens is 1. The Kier molecular flexibility index (Phi) is 2.91. The van der Waals surface area contributed by atoms with Crippen LogP contribution < -0.4 is 10.5 Å². The summed E-state index contributed by atoms with van der Waals surface area (Å²) in [5.74, 6) is -0.0135. The number of nitrogens with two attached hydrogens (primary N) is 1. The van der Waals surface area contributed by atoms with E-state index in [1.807, 2.05) is 6.07 Å². The lowest BCUT2D eigenvalue weighted by Crippen LogP contribution is -2.11. The number of carbonyl (C=O) groups is 1. The fourth-order valence-corrected chi connectivity index (χ4v) is 1.51. The molecule has 0 saturated heterocycles. The summed E-state index contributed by atoms with van der Waals surface area (Å²) in [6, 6.07) is 7.04. The van der Waals surface area contributed by atoms with E-state index in [1.54, 1.807) is 18.2 Å². The first-order valence-corrected chi connectivity index (χ1v) is 5.23. The van der Waals surface area contributed by atoms with Crippen molar-refractivity contribution in [2.45, 2.75) is 0 Å². The van der Waals surface area contributed by atoms with Crippen molar-refractivity contribution in [2.24, 2.45) is 0 Å². The first kappa shape index (κ1) is 10.7. The third-order valence-corrected chi connectivity index (χ3v) is 2.57. The minimum absolute atomic E-state index is 0.122. The molecule has 0 spiro atoms. The summed E-state index contributed by atoms with van der Waals surface area (Å²) in [7, 11) is 0. The van der Waals surface area contributed by atoms with Crippen molar-refractivity contribution in [3.05, 3.63) is 40.8 Å². The lowest BCUT2D eigenvalue weighted by molar-refractivity contribution is 0.0729. The monoisotopic (exact) mass is 281 g/mol. The lowest BCUT2D eigenvalue weighted by Gasteiger charge is -2.04. The highest BCUT2D eigenvalue weighted by molar-refractivity contribution is 9.10. The third kappa shape index (κ3) is 2.06. The van der Waals surface area contributed by atoms with Gasteiger partial charge in [0.15, 0.2) is 11.5 Å². The molecule has 0 amide bonds. The predicted molar refractivity (Wildman–Crippen MR) is 62.1 cm³/mol. The fraction of sp³-hybridized carbons (Fsp3) is 0. The van der Waals surface area contributed by atoms with Crippen LogP contribution in [0.3, 0.4) is 0 Å². The van der Waals surface area contributed by atoms with Gasteiger partial charge in [0, 0.05) is 0 Å². The molecule has 0 saturated carbocycles. The van der Waals surface area contributed by atoms with Crippen LogP contribution in [0.1, 0.15) is 10.5 Å². The van der Waals surface area contributed by atoms with Gasteiger partial charge in [0.25, 0.3) is 0 Å². The number of esters is 1. The van der Waals surface area contributed by atoms with Crippen LogP contribution in [-0.2, 0) is 0 Å². The number of ether oxygens (including phenoxy) is 1. The van der Waals surface area contributed by atoms with Crippen LogP contribution >= 0.6 is 15.9 Å². The van der Waals surface area contributed by atoms with Crippen LogP contribution in [0.2, 0.25) is 0 Å². The van der Waals surface area contributed by atoms with E-state index in [9.17, 15) is 4.79 Å². The minimum Gasteiger partial charge on any atom is -0.421 e. The number of para-hydroxylation sites is 1. The molecular formula is C10H8BrN3O2.